The monoisotopic (exact) mass is 414 g/mol. The number of likely N-dealkylation sites (N-methyl/N-ethyl adjacent to an activating group) is 1. The molecule has 0 saturated carbocycles. The van der Waals surface area contributed by atoms with Gasteiger partial charge in [-0.1, -0.05) is 13.8 Å². The molecule has 160 valence electrons. The minimum atomic E-state index is -0.415. The number of benzene rings is 1. The van der Waals surface area contributed by atoms with Crippen LogP contribution in [0.5, 0.6) is 0 Å². The van der Waals surface area contributed by atoms with E-state index in [0.717, 1.165) is 19.6 Å². The van der Waals surface area contributed by atoms with Gasteiger partial charge in [0.15, 0.2) is 0 Å². The molecular weight excluding hydrogens is 387 g/mol. The molecule has 0 atom stereocenters. The number of hydrogen-bond donors (Lipinski definition) is 3. The number of carbonyl (C=O) groups is 2. The van der Waals surface area contributed by atoms with Gasteiger partial charge >= 0.3 is 0 Å². The summed E-state index contributed by atoms with van der Waals surface area (Å²) in [5.41, 5.74) is 6.46. The average molecular weight is 414 g/mol. The Kier molecular flexibility index (Phi) is 6.69. The molecule has 0 radical (unpaired) electrons. The van der Waals surface area contributed by atoms with Crippen molar-refractivity contribution in [1.29, 1.82) is 0 Å². The number of hydrogen-bond acceptors (Lipinski definition) is 4. The van der Waals surface area contributed by atoms with Crippen molar-refractivity contribution in [3.05, 3.63) is 52.1 Å². The number of amides is 2. The molecule has 2 amide bonds. The number of nitrogens with zero attached hydrogens (tertiary/aromatic N) is 1. The molecule has 1 aromatic carbocycles. The molecule has 0 bridgehead atoms. The van der Waals surface area contributed by atoms with E-state index in [1.807, 2.05) is 0 Å². The fraction of sp³-hybridized carbons (Fsp3) is 0.364. The van der Waals surface area contributed by atoms with Crippen LogP contribution in [0.15, 0.2) is 18.2 Å². The van der Waals surface area contributed by atoms with E-state index in [2.05, 4.69) is 34.5 Å². The fourth-order valence-electron chi connectivity index (χ4n) is 3.60. The number of nitrogens with one attached hydrogen (secondary N) is 3. The smallest absolute Gasteiger partial charge is 0.276 e. The van der Waals surface area contributed by atoms with Gasteiger partial charge in [-0.15, -0.1) is 0 Å². The predicted octanol–water partition coefficient (Wildman–Crippen LogP) is 3.27. The maximum Gasteiger partial charge on any atom is 0.276 e. The van der Waals surface area contributed by atoms with Crippen LogP contribution in [-0.2, 0) is 9.63 Å². The molecule has 0 unspecified atom stereocenters. The minimum absolute atomic E-state index is 0.312. The second kappa shape index (κ2) is 9.23. The van der Waals surface area contributed by atoms with E-state index in [1.165, 1.54) is 12.1 Å². The van der Waals surface area contributed by atoms with E-state index in [1.54, 1.807) is 26.0 Å². The first-order valence-corrected chi connectivity index (χ1v) is 10.0. The molecular formula is C22H27FN4O3. The van der Waals surface area contributed by atoms with Crippen molar-refractivity contribution in [2.24, 2.45) is 0 Å². The Hall–Kier alpha value is -2.97. The van der Waals surface area contributed by atoms with E-state index >= 15 is 0 Å². The second-order valence-corrected chi connectivity index (χ2v) is 7.17. The highest BCUT2D eigenvalue weighted by Gasteiger charge is 2.26. The van der Waals surface area contributed by atoms with Crippen LogP contribution < -0.4 is 10.8 Å². The molecule has 1 aliphatic heterocycles. The van der Waals surface area contributed by atoms with Gasteiger partial charge in [-0.05, 0) is 56.8 Å². The van der Waals surface area contributed by atoms with Crippen molar-refractivity contribution in [2.45, 2.75) is 27.7 Å². The first-order chi connectivity index (χ1) is 14.3. The molecule has 1 aromatic heterocycles. The standard InChI is InChI=1S/C22H27FN4O3/c1-5-27(6-2)9-10-30-26-22(29)20-13(3)18(24-14(20)4)12-17-16-8-7-15(23)11-19(16)25-21(17)28/h7-8,11-12,24H,5-6,9-10H2,1-4H3,(H,25,28)(H,26,29)/b17-12-. The van der Waals surface area contributed by atoms with E-state index in [4.69, 9.17) is 4.84 Å². The van der Waals surface area contributed by atoms with E-state index in [9.17, 15) is 14.0 Å². The van der Waals surface area contributed by atoms with Gasteiger partial charge < -0.3 is 15.2 Å². The van der Waals surface area contributed by atoms with Gasteiger partial charge in [0.05, 0.1) is 23.4 Å². The summed E-state index contributed by atoms with van der Waals surface area (Å²) in [5, 5.41) is 2.66. The minimum Gasteiger partial charge on any atom is -0.358 e. The number of rotatable bonds is 8. The van der Waals surface area contributed by atoms with Crippen molar-refractivity contribution >= 4 is 29.2 Å². The van der Waals surface area contributed by atoms with Crippen molar-refractivity contribution in [3.63, 3.8) is 0 Å². The second-order valence-electron chi connectivity index (χ2n) is 7.17. The van der Waals surface area contributed by atoms with Crippen LogP contribution in [0.25, 0.3) is 11.6 Å². The highest BCUT2D eigenvalue weighted by atomic mass is 19.1. The molecule has 0 aliphatic carbocycles. The Balaban J connectivity index is 1.76. The largest absolute Gasteiger partial charge is 0.358 e. The van der Waals surface area contributed by atoms with E-state index < -0.39 is 5.82 Å². The molecule has 0 spiro atoms. The molecule has 0 saturated heterocycles. The zero-order valence-corrected chi connectivity index (χ0v) is 17.7. The molecule has 3 N–H and O–H groups in total. The molecule has 7 nitrogen and oxygen atoms in total. The lowest BCUT2D eigenvalue weighted by Crippen LogP contribution is -2.31. The number of fused-ring (bicyclic) bond motifs is 1. The molecule has 1 aliphatic rings. The number of aryl methyl sites for hydroxylation is 1. The molecule has 30 heavy (non-hydrogen) atoms. The van der Waals surface area contributed by atoms with Crippen molar-refractivity contribution in [3.8, 4) is 0 Å². The number of anilines is 1. The van der Waals surface area contributed by atoms with Crippen molar-refractivity contribution in [1.82, 2.24) is 15.4 Å². The first-order valence-electron chi connectivity index (χ1n) is 10.0. The Morgan fingerprint density at radius 3 is 2.70 bits per heavy atom. The summed E-state index contributed by atoms with van der Waals surface area (Å²) in [6.45, 7) is 10.7. The van der Waals surface area contributed by atoms with Crippen LogP contribution in [-0.4, -0.2) is 47.9 Å². The third kappa shape index (κ3) is 4.44. The van der Waals surface area contributed by atoms with Crippen molar-refractivity contribution in [2.75, 3.05) is 31.6 Å². The van der Waals surface area contributed by atoms with E-state index in [-0.39, 0.29) is 11.8 Å². The first kappa shape index (κ1) is 21.7. The van der Waals surface area contributed by atoms with Crippen LogP contribution in [0, 0.1) is 19.7 Å². The molecule has 8 heteroatoms. The summed E-state index contributed by atoms with van der Waals surface area (Å²) in [4.78, 5) is 35.6. The SMILES string of the molecule is CCN(CC)CCONC(=O)c1c(C)[nH]c(/C=C2\C(=O)Nc3cc(F)ccc32)c1C. The van der Waals surface area contributed by atoms with Crippen LogP contribution >= 0.6 is 0 Å². The summed E-state index contributed by atoms with van der Waals surface area (Å²) in [6.07, 6.45) is 1.68. The Bertz CT molecular complexity index is 993. The summed E-state index contributed by atoms with van der Waals surface area (Å²) < 4.78 is 13.4. The summed E-state index contributed by atoms with van der Waals surface area (Å²) in [7, 11) is 0. The normalized spacial score (nSPS) is 14.3. The van der Waals surface area contributed by atoms with Crippen molar-refractivity contribution < 1.29 is 18.8 Å². The zero-order valence-electron chi connectivity index (χ0n) is 17.7. The van der Waals surface area contributed by atoms with Crippen LogP contribution in [0.2, 0.25) is 0 Å². The number of halogens is 1. The number of hydroxylamine groups is 1. The Morgan fingerprint density at radius 1 is 1.27 bits per heavy atom. The summed E-state index contributed by atoms with van der Waals surface area (Å²) in [5.74, 6) is -1.07. The number of aromatic amines is 1. The van der Waals surface area contributed by atoms with Gasteiger partial charge in [0.2, 0.25) is 0 Å². The average Bonchev–Trinajstić information content (AvgIpc) is 3.16. The van der Waals surface area contributed by atoms with Crippen LogP contribution in [0.1, 0.15) is 46.7 Å². The van der Waals surface area contributed by atoms with Gasteiger partial charge in [0.1, 0.15) is 5.82 Å². The molecule has 0 fully saturated rings. The molecule has 2 heterocycles. The lowest BCUT2D eigenvalue weighted by molar-refractivity contribution is -0.110. The molecule has 3 rings (SSSR count). The summed E-state index contributed by atoms with van der Waals surface area (Å²) >= 11 is 0. The highest BCUT2D eigenvalue weighted by Crippen LogP contribution is 2.34. The van der Waals surface area contributed by atoms with Gasteiger partial charge in [-0.25, -0.2) is 9.87 Å². The third-order valence-corrected chi connectivity index (χ3v) is 5.33. The lowest BCUT2D eigenvalue weighted by atomic mass is 10.0. The van der Waals surface area contributed by atoms with E-state index in [0.29, 0.717) is 45.9 Å². The summed E-state index contributed by atoms with van der Waals surface area (Å²) in [6, 6.07) is 4.17. The van der Waals surface area contributed by atoms with Crippen LogP contribution in [0.3, 0.4) is 0 Å². The Labute approximate surface area is 175 Å². The number of H-pyrrole nitrogens is 1. The fourth-order valence-corrected chi connectivity index (χ4v) is 3.60. The highest BCUT2D eigenvalue weighted by molar-refractivity contribution is 6.34. The third-order valence-electron chi connectivity index (χ3n) is 5.33. The topological polar surface area (TPSA) is 86.5 Å². The van der Waals surface area contributed by atoms with Gasteiger partial charge in [0.25, 0.3) is 11.8 Å². The Morgan fingerprint density at radius 2 is 2.00 bits per heavy atom. The molecule has 2 aromatic rings. The number of carbonyl (C=O) groups excluding carboxylic acids is 2. The van der Waals surface area contributed by atoms with Gasteiger partial charge in [-0.3, -0.25) is 14.4 Å². The quantitative estimate of drug-likeness (QED) is 0.352. The zero-order chi connectivity index (χ0) is 21.8. The van der Waals surface area contributed by atoms with Gasteiger partial charge in [0, 0.05) is 23.5 Å². The lowest BCUT2D eigenvalue weighted by Gasteiger charge is -2.17. The maximum absolute atomic E-state index is 13.4. The predicted molar refractivity (Wildman–Crippen MR) is 114 cm³/mol. The number of aromatic nitrogens is 1. The maximum atomic E-state index is 13.4. The van der Waals surface area contributed by atoms with Gasteiger partial charge in [-0.2, -0.15) is 0 Å². The van der Waals surface area contributed by atoms with Crippen LogP contribution in [0.4, 0.5) is 10.1 Å².